The maximum Gasteiger partial charge on any atom is 0.420 e. The molecule has 0 aliphatic heterocycles. The van der Waals surface area contributed by atoms with Crippen LogP contribution in [0.3, 0.4) is 0 Å². The van der Waals surface area contributed by atoms with Crippen molar-refractivity contribution in [3.8, 4) is 11.5 Å². The molecule has 2 nitrogen and oxygen atoms in total. The van der Waals surface area contributed by atoms with Gasteiger partial charge in [-0.25, -0.2) is 0 Å². The molecule has 0 saturated heterocycles. The highest BCUT2D eigenvalue weighted by molar-refractivity contribution is 6.30. The van der Waals surface area contributed by atoms with E-state index in [2.05, 4.69) is 0 Å². The molecular weight excluding hydrogens is 305 g/mol. The van der Waals surface area contributed by atoms with Gasteiger partial charge in [0, 0.05) is 5.02 Å². The van der Waals surface area contributed by atoms with E-state index < -0.39 is 17.5 Å². The molecular formula is C15H10ClF3O2. The highest BCUT2D eigenvalue weighted by Crippen LogP contribution is 2.40. The highest BCUT2D eigenvalue weighted by atomic mass is 35.5. The number of hydrogen-bond donors (Lipinski definition) is 0. The molecule has 0 fully saturated rings. The molecule has 0 spiro atoms. The van der Waals surface area contributed by atoms with E-state index >= 15 is 0 Å². The molecule has 21 heavy (non-hydrogen) atoms. The van der Waals surface area contributed by atoms with Gasteiger partial charge < -0.3 is 4.74 Å². The second kappa shape index (κ2) is 5.77. The summed E-state index contributed by atoms with van der Waals surface area (Å²) in [6.45, 7) is 1.31. The molecule has 110 valence electrons. The van der Waals surface area contributed by atoms with Crippen LogP contribution in [-0.2, 0) is 6.18 Å². The summed E-state index contributed by atoms with van der Waals surface area (Å²) < 4.78 is 44.2. The molecule has 0 N–H and O–H groups in total. The molecule has 0 radical (unpaired) electrons. The fourth-order valence-electron chi connectivity index (χ4n) is 1.78. The van der Waals surface area contributed by atoms with Gasteiger partial charge in [0.15, 0.2) is 5.78 Å². The van der Waals surface area contributed by atoms with Gasteiger partial charge in [-0.1, -0.05) is 23.7 Å². The summed E-state index contributed by atoms with van der Waals surface area (Å²) in [4.78, 5) is 11.5. The van der Waals surface area contributed by atoms with Gasteiger partial charge in [0.25, 0.3) is 0 Å². The number of rotatable bonds is 3. The van der Waals surface area contributed by atoms with Crippen molar-refractivity contribution in [3.05, 3.63) is 58.6 Å². The van der Waals surface area contributed by atoms with Crippen LogP contribution in [0, 0.1) is 0 Å². The van der Waals surface area contributed by atoms with Crippen LogP contribution in [0.2, 0.25) is 5.02 Å². The van der Waals surface area contributed by atoms with Crippen molar-refractivity contribution >= 4 is 17.4 Å². The number of para-hydroxylation sites is 1. The molecule has 0 aromatic heterocycles. The fraction of sp³-hybridized carbons (Fsp3) is 0.133. The Labute approximate surface area is 124 Å². The first-order valence-corrected chi connectivity index (χ1v) is 6.31. The van der Waals surface area contributed by atoms with Gasteiger partial charge in [-0.2, -0.15) is 13.2 Å². The molecule has 0 saturated carbocycles. The molecule has 6 heteroatoms. The summed E-state index contributed by atoms with van der Waals surface area (Å²) in [6.07, 6.45) is -4.61. The summed E-state index contributed by atoms with van der Waals surface area (Å²) in [5, 5.41) is -0.0467. The van der Waals surface area contributed by atoms with Crippen molar-refractivity contribution in [1.82, 2.24) is 0 Å². The number of alkyl halides is 3. The lowest BCUT2D eigenvalue weighted by atomic mass is 10.1. The molecule has 2 aromatic rings. The third kappa shape index (κ3) is 3.55. The summed E-state index contributed by atoms with van der Waals surface area (Å²) in [5.74, 6) is -0.633. The predicted octanol–water partition coefficient (Wildman–Crippen LogP) is 5.35. The maximum absolute atomic E-state index is 13.0. The first kappa shape index (κ1) is 15.4. The molecule has 2 aromatic carbocycles. The van der Waals surface area contributed by atoms with Crippen molar-refractivity contribution < 1.29 is 22.7 Å². The first-order chi connectivity index (χ1) is 9.79. The number of hydrogen-bond acceptors (Lipinski definition) is 2. The van der Waals surface area contributed by atoms with E-state index in [-0.39, 0.29) is 22.1 Å². The van der Waals surface area contributed by atoms with E-state index in [0.717, 1.165) is 12.1 Å². The molecule has 0 unspecified atom stereocenters. The van der Waals surface area contributed by atoms with Gasteiger partial charge in [-0.15, -0.1) is 0 Å². The van der Waals surface area contributed by atoms with Crippen LogP contribution >= 0.6 is 11.6 Å². The van der Waals surface area contributed by atoms with Crippen LogP contribution in [0.25, 0.3) is 0 Å². The molecule has 0 aliphatic carbocycles. The minimum Gasteiger partial charge on any atom is -0.456 e. The Hall–Kier alpha value is -2.01. The van der Waals surface area contributed by atoms with Gasteiger partial charge in [0.05, 0.1) is 11.1 Å². The molecule has 0 heterocycles. The van der Waals surface area contributed by atoms with E-state index in [0.29, 0.717) is 0 Å². The molecule has 0 aliphatic rings. The lowest BCUT2D eigenvalue weighted by molar-refractivity contribution is -0.138. The van der Waals surface area contributed by atoms with E-state index in [1.54, 1.807) is 12.1 Å². The van der Waals surface area contributed by atoms with Crippen molar-refractivity contribution in [2.24, 2.45) is 0 Å². The van der Waals surface area contributed by atoms with Crippen molar-refractivity contribution in [3.63, 3.8) is 0 Å². The molecule has 0 bridgehead atoms. The summed E-state index contributed by atoms with van der Waals surface area (Å²) in [5.41, 5.74) is -0.783. The standard InChI is InChI=1S/C15H10ClF3O2/c1-9(20)11-4-2-3-5-13(11)21-14-7-6-10(16)8-12(14)15(17,18)19/h2-8H,1H3. The minimum atomic E-state index is -4.61. The number of carbonyl (C=O) groups is 1. The Morgan fingerprint density at radius 3 is 2.38 bits per heavy atom. The average Bonchev–Trinajstić information content (AvgIpc) is 2.40. The fourth-order valence-corrected chi connectivity index (χ4v) is 1.95. The highest BCUT2D eigenvalue weighted by Gasteiger charge is 2.35. The second-order valence-electron chi connectivity index (χ2n) is 4.29. The number of ketones is 1. The normalized spacial score (nSPS) is 11.3. The third-order valence-electron chi connectivity index (χ3n) is 2.73. The Kier molecular flexibility index (Phi) is 4.23. The largest absolute Gasteiger partial charge is 0.456 e. The van der Waals surface area contributed by atoms with E-state index in [4.69, 9.17) is 16.3 Å². The van der Waals surface area contributed by atoms with Crippen LogP contribution in [0.1, 0.15) is 22.8 Å². The lowest BCUT2D eigenvalue weighted by Crippen LogP contribution is -2.08. The van der Waals surface area contributed by atoms with Crippen LogP contribution in [-0.4, -0.2) is 5.78 Å². The predicted molar refractivity (Wildman–Crippen MR) is 73.0 cm³/mol. The zero-order valence-electron chi connectivity index (χ0n) is 10.9. The van der Waals surface area contributed by atoms with Gasteiger partial charge in [-0.05, 0) is 37.3 Å². The Balaban J connectivity index is 2.48. The first-order valence-electron chi connectivity index (χ1n) is 5.93. The topological polar surface area (TPSA) is 26.3 Å². The van der Waals surface area contributed by atoms with Crippen molar-refractivity contribution in [1.29, 1.82) is 0 Å². The summed E-state index contributed by atoms with van der Waals surface area (Å²) in [7, 11) is 0. The monoisotopic (exact) mass is 314 g/mol. The van der Waals surface area contributed by atoms with Gasteiger partial charge in [0.2, 0.25) is 0 Å². The van der Waals surface area contributed by atoms with Crippen molar-refractivity contribution in [2.45, 2.75) is 13.1 Å². The molecule has 0 amide bonds. The van der Waals surface area contributed by atoms with E-state index in [1.165, 1.54) is 25.1 Å². The average molecular weight is 315 g/mol. The number of Topliss-reactive ketones (excluding diaryl/α,β-unsaturated/α-hetero) is 1. The number of halogens is 4. The van der Waals surface area contributed by atoms with E-state index in [1.807, 2.05) is 0 Å². The lowest BCUT2D eigenvalue weighted by Gasteiger charge is -2.15. The zero-order valence-corrected chi connectivity index (χ0v) is 11.6. The van der Waals surface area contributed by atoms with E-state index in [9.17, 15) is 18.0 Å². The molecule has 0 atom stereocenters. The number of carbonyl (C=O) groups excluding carboxylic acids is 1. The van der Waals surface area contributed by atoms with Crippen LogP contribution < -0.4 is 4.74 Å². The smallest absolute Gasteiger partial charge is 0.420 e. The van der Waals surface area contributed by atoms with Crippen LogP contribution in [0.4, 0.5) is 13.2 Å². The molecule has 2 rings (SSSR count). The number of ether oxygens (including phenoxy) is 1. The second-order valence-corrected chi connectivity index (χ2v) is 4.73. The van der Waals surface area contributed by atoms with Gasteiger partial charge in [0.1, 0.15) is 11.5 Å². The maximum atomic E-state index is 13.0. The van der Waals surface area contributed by atoms with Crippen LogP contribution in [0.15, 0.2) is 42.5 Å². The Morgan fingerprint density at radius 1 is 1.10 bits per heavy atom. The van der Waals surface area contributed by atoms with Crippen molar-refractivity contribution in [2.75, 3.05) is 0 Å². The summed E-state index contributed by atoms with van der Waals surface area (Å²) in [6, 6.07) is 9.31. The van der Waals surface area contributed by atoms with Gasteiger partial charge in [-0.3, -0.25) is 4.79 Å². The van der Waals surface area contributed by atoms with Gasteiger partial charge >= 0.3 is 6.18 Å². The Bertz CT molecular complexity index is 681. The zero-order chi connectivity index (χ0) is 15.6. The van der Waals surface area contributed by atoms with Crippen LogP contribution in [0.5, 0.6) is 11.5 Å². The quantitative estimate of drug-likeness (QED) is 0.713. The summed E-state index contributed by atoms with van der Waals surface area (Å²) >= 11 is 5.60. The third-order valence-corrected chi connectivity index (χ3v) is 2.97. The number of benzene rings is 2. The Morgan fingerprint density at radius 2 is 1.76 bits per heavy atom. The minimum absolute atomic E-state index is 0.0467. The SMILES string of the molecule is CC(=O)c1ccccc1Oc1ccc(Cl)cc1C(F)(F)F.